The van der Waals surface area contributed by atoms with E-state index in [1.807, 2.05) is 29.6 Å². The Morgan fingerprint density at radius 2 is 0.750 bits per heavy atom. The summed E-state index contributed by atoms with van der Waals surface area (Å²) >= 11 is 3.69. The van der Waals surface area contributed by atoms with Crippen LogP contribution in [0.15, 0.2) is 183 Å². The average molecular weight is 598 g/mol. The summed E-state index contributed by atoms with van der Waals surface area (Å²) in [6.45, 7) is 0. The minimum absolute atomic E-state index is 0.972. The summed E-state index contributed by atoms with van der Waals surface area (Å²) in [6, 6.07) is 58.6. The van der Waals surface area contributed by atoms with E-state index in [2.05, 4.69) is 158 Å². The summed E-state index contributed by atoms with van der Waals surface area (Å²) in [7, 11) is 0. The van der Waals surface area contributed by atoms with Gasteiger partial charge < -0.3 is 0 Å². The Labute approximate surface area is 266 Å². The molecule has 8 rings (SSSR count). The lowest BCUT2D eigenvalue weighted by Gasteiger charge is -2.21. The third-order valence-electron chi connectivity index (χ3n) is 7.98. The van der Waals surface area contributed by atoms with Crippen molar-refractivity contribution in [2.45, 2.75) is 19.6 Å². The standard InChI is InChI=1S/C41H27NS2/c1-3-12-28(13-4-1)30-22-24-34-35-25-23-31(37-19-11-18-36(42-37)29-14-5-2-6-15-29)27-41(35)44-39-21-10-8-17-33(39)32-16-7-9-20-38(32)43-40(34)26-30/h1-27H. The average Bonchev–Trinajstić information content (AvgIpc) is 3.10. The van der Waals surface area contributed by atoms with E-state index >= 15 is 0 Å². The molecule has 0 radical (unpaired) electrons. The summed E-state index contributed by atoms with van der Waals surface area (Å²) in [4.78, 5) is 10.1. The lowest BCUT2D eigenvalue weighted by Crippen LogP contribution is -1.94. The van der Waals surface area contributed by atoms with Crippen LogP contribution in [0.25, 0.3) is 55.9 Å². The summed E-state index contributed by atoms with van der Waals surface area (Å²) in [5, 5.41) is 0. The normalized spacial score (nSPS) is 11.9. The fourth-order valence-corrected chi connectivity index (χ4v) is 8.08. The lowest BCUT2D eigenvalue weighted by atomic mass is 9.98. The molecule has 1 aliphatic rings. The van der Waals surface area contributed by atoms with Crippen molar-refractivity contribution in [3.63, 3.8) is 0 Å². The first kappa shape index (κ1) is 26.8. The van der Waals surface area contributed by atoms with Gasteiger partial charge in [0.25, 0.3) is 0 Å². The summed E-state index contributed by atoms with van der Waals surface area (Å²) in [5.41, 5.74) is 11.6. The van der Waals surface area contributed by atoms with Crippen LogP contribution in [0.4, 0.5) is 0 Å². The van der Waals surface area contributed by atoms with Crippen LogP contribution in [0.1, 0.15) is 0 Å². The molecule has 0 saturated carbocycles. The molecule has 0 saturated heterocycles. The summed E-state index contributed by atoms with van der Waals surface area (Å²) < 4.78 is 0. The second kappa shape index (κ2) is 11.7. The van der Waals surface area contributed by atoms with Crippen LogP contribution in [0, 0.1) is 0 Å². The highest BCUT2D eigenvalue weighted by molar-refractivity contribution is 8.00. The fourth-order valence-electron chi connectivity index (χ4n) is 5.79. The van der Waals surface area contributed by atoms with Gasteiger partial charge in [-0.3, -0.25) is 0 Å². The molecular formula is C41H27NS2. The van der Waals surface area contributed by atoms with E-state index in [0.29, 0.717) is 0 Å². The van der Waals surface area contributed by atoms with Crippen molar-refractivity contribution < 1.29 is 0 Å². The maximum Gasteiger partial charge on any atom is 0.0709 e. The van der Waals surface area contributed by atoms with Crippen molar-refractivity contribution >= 4 is 23.5 Å². The van der Waals surface area contributed by atoms with Crippen LogP contribution in [0.3, 0.4) is 0 Å². The highest BCUT2D eigenvalue weighted by Gasteiger charge is 2.20. The number of aromatic nitrogens is 1. The minimum atomic E-state index is 0.972. The molecule has 6 aromatic carbocycles. The third-order valence-corrected chi connectivity index (χ3v) is 10.2. The van der Waals surface area contributed by atoms with E-state index in [9.17, 15) is 0 Å². The number of hydrogen-bond acceptors (Lipinski definition) is 3. The van der Waals surface area contributed by atoms with Gasteiger partial charge in [0.15, 0.2) is 0 Å². The number of rotatable bonds is 3. The quantitative estimate of drug-likeness (QED) is 0.201. The van der Waals surface area contributed by atoms with E-state index in [-0.39, 0.29) is 0 Å². The Morgan fingerprint density at radius 3 is 1.36 bits per heavy atom. The van der Waals surface area contributed by atoms with E-state index in [1.54, 1.807) is 0 Å². The van der Waals surface area contributed by atoms with Gasteiger partial charge in [0, 0.05) is 30.7 Å². The maximum atomic E-state index is 5.09. The molecule has 0 N–H and O–H groups in total. The number of pyridine rings is 1. The predicted molar refractivity (Wildman–Crippen MR) is 186 cm³/mol. The molecule has 0 bridgehead atoms. The third kappa shape index (κ3) is 5.15. The number of nitrogens with zero attached hydrogens (tertiary/aromatic N) is 1. The van der Waals surface area contributed by atoms with Gasteiger partial charge in [-0.2, -0.15) is 0 Å². The molecule has 0 spiro atoms. The first-order valence-electron chi connectivity index (χ1n) is 14.7. The van der Waals surface area contributed by atoms with Crippen LogP contribution in [0.5, 0.6) is 0 Å². The molecule has 0 unspecified atom stereocenters. The predicted octanol–water partition coefficient (Wildman–Crippen LogP) is 12.0. The van der Waals surface area contributed by atoms with Gasteiger partial charge in [0.05, 0.1) is 11.4 Å². The van der Waals surface area contributed by atoms with Crippen LogP contribution < -0.4 is 0 Å². The first-order valence-corrected chi connectivity index (χ1v) is 16.3. The summed E-state index contributed by atoms with van der Waals surface area (Å²) in [6.07, 6.45) is 0. The second-order valence-corrected chi connectivity index (χ2v) is 12.9. The second-order valence-electron chi connectivity index (χ2n) is 10.8. The van der Waals surface area contributed by atoms with Crippen molar-refractivity contribution in [2.24, 2.45) is 0 Å². The molecule has 7 aromatic rings. The largest absolute Gasteiger partial charge is 0.248 e. The molecule has 0 amide bonds. The van der Waals surface area contributed by atoms with Gasteiger partial charge in [-0.05, 0) is 69.8 Å². The number of hydrogen-bond donors (Lipinski definition) is 0. The zero-order valence-electron chi connectivity index (χ0n) is 23.9. The molecule has 1 nitrogen and oxygen atoms in total. The molecule has 1 aliphatic heterocycles. The van der Waals surface area contributed by atoms with Gasteiger partial charge in [-0.15, -0.1) is 0 Å². The van der Waals surface area contributed by atoms with Gasteiger partial charge in [-0.25, -0.2) is 4.98 Å². The Bertz CT molecular complexity index is 2120. The Balaban J connectivity index is 1.33. The molecule has 0 atom stereocenters. The zero-order valence-corrected chi connectivity index (χ0v) is 25.5. The van der Waals surface area contributed by atoms with E-state index in [1.165, 1.54) is 53.0 Å². The topological polar surface area (TPSA) is 12.9 Å². The summed E-state index contributed by atoms with van der Waals surface area (Å²) in [5.74, 6) is 0. The minimum Gasteiger partial charge on any atom is -0.248 e. The fraction of sp³-hybridized carbons (Fsp3) is 0. The molecular weight excluding hydrogens is 571 g/mol. The molecule has 208 valence electrons. The molecule has 2 heterocycles. The zero-order chi connectivity index (χ0) is 29.3. The highest BCUT2D eigenvalue weighted by atomic mass is 32.2. The van der Waals surface area contributed by atoms with Crippen molar-refractivity contribution in [1.82, 2.24) is 4.98 Å². The van der Waals surface area contributed by atoms with E-state index < -0.39 is 0 Å². The molecule has 3 heteroatoms. The van der Waals surface area contributed by atoms with Crippen LogP contribution in [-0.2, 0) is 0 Å². The Kier molecular flexibility index (Phi) is 7.11. The van der Waals surface area contributed by atoms with Gasteiger partial charge in [0.1, 0.15) is 0 Å². The van der Waals surface area contributed by atoms with Crippen molar-refractivity contribution in [3.8, 4) is 55.9 Å². The Hall–Kier alpha value is -4.83. The molecule has 0 fully saturated rings. The van der Waals surface area contributed by atoms with Crippen molar-refractivity contribution in [2.75, 3.05) is 0 Å². The van der Waals surface area contributed by atoms with Gasteiger partial charge in [-0.1, -0.05) is 151 Å². The lowest BCUT2D eigenvalue weighted by molar-refractivity contribution is 1.29. The SMILES string of the molecule is c1ccc(-c2ccc3c(c2)Sc2ccccc2-c2ccccc2Sc2cc(-c4cccc(-c5ccccc5)n4)ccc2-3)cc1. The monoisotopic (exact) mass is 597 g/mol. The number of benzene rings is 6. The molecule has 44 heavy (non-hydrogen) atoms. The molecule has 1 aromatic heterocycles. The Morgan fingerprint density at radius 1 is 0.295 bits per heavy atom. The van der Waals surface area contributed by atoms with Crippen molar-refractivity contribution in [1.29, 1.82) is 0 Å². The maximum absolute atomic E-state index is 5.09. The van der Waals surface area contributed by atoms with E-state index in [0.717, 1.165) is 22.5 Å². The highest BCUT2D eigenvalue weighted by Crippen LogP contribution is 2.49. The van der Waals surface area contributed by atoms with Gasteiger partial charge in [0.2, 0.25) is 0 Å². The van der Waals surface area contributed by atoms with Crippen LogP contribution in [0.2, 0.25) is 0 Å². The van der Waals surface area contributed by atoms with Gasteiger partial charge >= 0.3 is 0 Å². The first-order chi connectivity index (χ1) is 21.8. The smallest absolute Gasteiger partial charge is 0.0709 e. The van der Waals surface area contributed by atoms with Crippen LogP contribution >= 0.6 is 23.5 Å². The van der Waals surface area contributed by atoms with Crippen molar-refractivity contribution in [3.05, 3.63) is 164 Å². The van der Waals surface area contributed by atoms with E-state index in [4.69, 9.17) is 4.98 Å². The molecule has 0 aliphatic carbocycles. The van der Waals surface area contributed by atoms with Crippen LogP contribution in [-0.4, -0.2) is 4.98 Å². The number of fused-ring (bicyclic) bond motifs is 6.